The Morgan fingerprint density at radius 1 is 1.03 bits per heavy atom. The fraction of sp³-hybridized carbons (Fsp3) is 0.174. The quantitative estimate of drug-likeness (QED) is 0.603. The van der Waals surface area contributed by atoms with Crippen molar-refractivity contribution < 1.29 is 14.4 Å². The van der Waals surface area contributed by atoms with Crippen LogP contribution in [0.15, 0.2) is 66.7 Å². The second-order valence-corrected chi connectivity index (χ2v) is 7.60. The number of rotatable bonds is 5. The zero-order valence-corrected chi connectivity index (χ0v) is 17.1. The zero-order valence-electron chi connectivity index (χ0n) is 16.3. The molecule has 30 heavy (non-hydrogen) atoms. The number of nitrogens with one attached hydrogen (secondary N) is 2. The molecule has 152 valence electrons. The van der Waals surface area contributed by atoms with Crippen molar-refractivity contribution in [3.05, 3.63) is 77.3 Å². The monoisotopic (exact) mass is 421 g/mol. The number of hydrogen-bond donors (Lipinski definition) is 2. The maximum atomic E-state index is 13.2. The number of benzene rings is 3. The predicted molar refractivity (Wildman–Crippen MR) is 116 cm³/mol. The summed E-state index contributed by atoms with van der Waals surface area (Å²) in [6.07, 6.45) is 0.348. The first-order chi connectivity index (χ1) is 14.4. The lowest BCUT2D eigenvalue weighted by molar-refractivity contribution is -0.134. The maximum absolute atomic E-state index is 13.2. The molecule has 0 unspecified atom stereocenters. The molecule has 0 aromatic heterocycles. The molecule has 0 spiro atoms. The van der Waals surface area contributed by atoms with E-state index in [2.05, 4.69) is 10.6 Å². The van der Waals surface area contributed by atoms with Gasteiger partial charge in [0.05, 0.1) is 0 Å². The Morgan fingerprint density at radius 2 is 1.73 bits per heavy atom. The van der Waals surface area contributed by atoms with Crippen LogP contribution in [0.25, 0.3) is 10.8 Å². The molecule has 0 saturated carbocycles. The van der Waals surface area contributed by atoms with Gasteiger partial charge in [-0.3, -0.25) is 14.5 Å². The molecule has 1 fully saturated rings. The summed E-state index contributed by atoms with van der Waals surface area (Å²) in [5.74, 6) is -0.900. The highest BCUT2D eigenvalue weighted by Crippen LogP contribution is 2.33. The van der Waals surface area contributed by atoms with E-state index < -0.39 is 23.4 Å². The Bertz CT molecular complexity index is 1140. The number of urea groups is 1. The fourth-order valence-corrected chi connectivity index (χ4v) is 3.94. The van der Waals surface area contributed by atoms with Crippen LogP contribution in [0.3, 0.4) is 0 Å². The van der Waals surface area contributed by atoms with Gasteiger partial charge in [-0.1, -0.05) is 67.1 Å². The van der Waals surface area contributed by atoms with Gasteiger partial charge >= 0.3 is 6.03 Å². The van der Waals surface area contributed by atoms with E-state index in [-0.39, 0.29) is 6.54 Å². The van der Waals surface area contributed by atoms with E-state index >= 15 is 0 Å². The molecule has 0 bridgehead atoms. The van der Waals surface area contributed by atoms with Crippen molar-refractivity contribution in [1.29, 1.82) is 0 Å². The molecule has 1 atom stereocenters. The van der Waals surface area contributed by atoms with Crippen molar-refractivity contribution in [1.82, 2.24) is 10.2 Å². The van der Waals surface area contributed by atoms with E-state index in [0.29, 0.717) is 22.7 Å². The average molecular weight is 422 g/mol. The van der Waals surface area contributed by atoms with Crippen LogP contribution >= 0.6 is 11.6 Å². The molecule has 4 amide bonds. The molecule has 3 aromatic carbocycles. The van der Waals surface area contributed by atoms with Gasteiger partial charge in [0.15, 0.2) is 0 Å². The van der Waals surface area contributed by atoms with Crippen LogP contribution in [0.1, 0.15) is 18.9 Å². The summed E-state index contributed by atoms with van der Waals surface area (Å²) in [4.78, 5) is 39.4. The van der Waals surface area contributed by atoms with Crippen LogP contribution in [0.5, 0.6) is 0 Å². The standard InChI is InChI=1S/C23H20ClN3O3/c1-2-23(16-10-12-17(24)13-11-16)21(29)27(22(30)26-23)14-20(28)25-19-9-5-7-15-6-3-4-8-18(15)19/h3-13H,2,14H2,1H3,(H,25,28)(H,26,30)/t23-/m0/s1. The van der Waals surface area contributed by atoms with Crippen LogP contribution < -0.4 is 10.6 Å². The molecule has 1 saturated heterocycles. The molecular weight excluding hydrogens is 402 g/mol. The minimum atomic E-state index is -1.21. The number of hydrogen-bond acceptors (Lipinski definition) is 3. The van der Waals surface area contributed by atoms with Crippen molar-refractivity contribution >= 4 is 45.9 Å². The molecule has 0 radical (unpaired) electrons. The number of amides is 4. The van der Waals surface area contributed by atoms with Crippen molar-refractivity contribution in [3.63, 3.8) is 0 Å². The van der Waals surface area contributed by atoms with Gasteiger partial charge < -0.3 is 10.6 Å². The Hall–Kier alpha value is -3.38. The number of halogens is 1. The number of nitrogens with zero attached hydrogens (tertiary/aromatic N) is 1. The molecule has 4 rings (SSSR count). The highest BCUT2D eigenvalue weighted by Gasteiger charge is 2.51. The van der Waals surface area contributed by atoms with Crippen LogP contribution in [-0.2, 0) is 15.1 Å². The molecule has 7 heteroatoms. The Labute approximate surface area is 178 Å². The Kier molecular flexibility index (Phi) is 5.18. The number of anilines is 1. The number of carbonyl (C=O) groups excluding carboxylic acids is 3. The summed E-state index contributed by atoms with van der Waals surface area (Å²) >= 11 is 5.95. The number of imide groups is 1. The second-order valence-electron chi connectivity index (χ2n) is 7.16. The van der Waals surface area contributed by atoms with Gasteiger partial charge in [0.2, 0.25) is 5.91 Å². The van der Waals surface area contributed by atoms with Gasteiger partial charge in [0.25, 0.3) is 5.91 Å². The highest BCUT2D eigenvalue weighted by atomic mass is 35.5. The normalized spacial score (nSPS) is 18.5. The molecule has 3 aromatic rings. The summed E-state index contributed by atoms with van der Waals surface area (Å²) in [6, 6.07) is 19.4. The molecule has 1 aliphatic rings. The van der Waals surface area contributed by atoms with Gasteiger partial charge in [-0.25, -0.2) is 4.79 Å². The second kappa shape index (κ2) is 7.80. The lowest BCUT2D eigenvalue weighted by Gasteiger charge is -2.25. The van der Waals surface area contributed by atoms with Gasteiger partial charge in [0.1, 0.15) is 12.1 Å². The lowest BCUT2D eigenvalue weighted by atomic mass is 9.87. The summed E-state index contributed by atoms with van der Waals surface area (Å²) in [5, 5.41) is 7.98. The van der Waals surface area contributed by atoms with Crippen LogP contribution in [0, 0.1) is 0 Å². The number of carbonyl (C=O) groups is 3. The first kappa shape index (κ1) is 19.9. The van der Waals surface area contributed by atoms with E-state index in [4.69, 9.17) is 11.6 Å². The lowest BCUT2D eigenvalue weighted by Crippen LogP contribution is -2.44. The first-order valence-corrected chi connectivity index (χ1v) is 10.00. The third-order valence-corrected chi connectivity index (χ3v) is 5.66. The summed E-state index contributed by atoms with van der Waals surface area (Å²) in [6.45, 7) is 1.44. The minimum absolute atomic E-state index is 0.348. The van der Waals surface area contributed by atoms with E-state index in [1.165, 1.54) is 0 Å². The third kappa shape index (κ3) is 3.39. The molecule has 1 aliphatic heterocycles. The van der Waals surface area contributed by atoms with Crippen molar-refractivity contribution in [3.8, 4) is 0 Å². The Morgan fingerprint density at radius 3 is 2.47 bits per heavy atom. The third-order valence-electron chi connectivity index (χ3n) is 5.41. The van der Waals surface area contributed by atoms with E-state index in [1.54, 1.807) is 30.3 Å². The first-order valence-electron chi connectivity index (χ1n) is 9.62. The number of fused-ring (bicyclic) bond motifs is 1. The molecule has 2 N–H and O–H groups in total. The van der Waals surface area contributed by atoms with Gasteiger partial charge in [0, 0.05) is 16.1 Å². The maximum Gasteiger partial charge on any atom is 0.325 e. The molecule has 0 aliphatic carbocycles. The topological polar surface area (TPSA) is 78.5 Å². The smallest absolute Gasteiger partial charge is 0.324 e. The van der Waals surface area contributed by atoms with Crippen molar-refractivity contribution in [2.24, 2.45) is 0 Å². The summed E-state index contributed by atoms with van der Waals surface area (Å²) < 4.78 is 0. The molecular formula is C23H20ClN3O3. The van der Waals surface area contributed by atoms with Crippen LogP contribution in [-0.4, -0.2) is 29.3 Å². The van der Waals surface area contributed by atoms with Crippen molar-refractivity contribution in [2.45, 2.75) is 18.9 Å². The summed E-state index contributed by atoms with van der Waals surface area (Å²) in [5.41, 5.74) is 0.0517. The van der Waals surface area contributed by atoms with Crippen LogP contribution in [0.2, 0.25) is 5.02 Å². The van der Waals surface area contributed by atoms with E-state index in [9.17, 15) is 14.4 Å². The predicted octanol–water partition coefficient (Wildman–Crippen LogP) is 4.29. The fourth-order valence-electron chi connectivity index (χ4n) is 3.81. The van der Waals surface area contributed by atoms with E-state index in [1.807, 2.05) is 43.3 Å². The molecule has 1 heterocycles. The van der Waals surface area contributed by atoms with Gasteiger partial charge in [-0.05, 0) is 35.6 Å². The van der Waals surface area contributed by atoms with Gasteiger partial charge in [-0.2, -0.15) is 0 Å². The minimum Gasteiger partial charge on any atom is -0.324 e. The molecule has 6 nitrogen and oxygen atoms in total. The van der Waals surface area contributed by atoms with Gasteiger partial charge in [-0.15, -0.1) is 0 Å². The van der Waals surface area contributed by atoms with Crippen LogP contribution in [0.4, 0.5) is 10.5 Å². The van der Waals surface area contributed by atoms with Crippen molar-refractivity contribution in [2.75, 3.05) is 11.9 Å². The zero-order chi connectivity index (χ0) is 21.3. The Balaban J connectivity index is 1.55. The SMILES string of the molecule is CC[C@@]1(c2ccc(Cl)cc2)NC(=O)N(CC(=O)Nc2cccc3ccccc23)C1=O. The van der Waals surface area contributed by atoms with E-state index in [0.717, 1.165) is 15.7 Å². The highest BCUT2D eigenvalue weighted by molar-refractivity contribution is 6.30. The summed E-state index contributed by atoms with van der Waals surface area (Å²) in [7, 11) is 0. The largest absolute Gasteiger partial charge is 0.325 e. The average Bonchev–Trinajstić information content (AvgIpc) is 2.99.